The van der Waals surface area contributed by atoms with E-state index in [1.165, 1.54) is 24.3 Å². The summed E-state index contributed by atoms with van der Waals surface area (Å²) >= 11 is 0. The summed E-state index contributed by atoms with van der Waals surface area (Å²) in [6.07, 6.45) is -0.494. The number of rotatable bonds is 7. The first-order valence-electron chi connectivity index (χ1n) is 7.10. The van der Waals surface area contributed by atoms with Crippen molar-refractivity contribution in [1.82, 2.24) is 0 Å². The molecule has 0 spiro atoms. The van der Waals surface area contributed by atoms with Gasteiger partial charge in [-0.15, -0.1) is 0 Å². The van der Waals surface area contributed by atoms with Gasteiger partial charge in [0.15, 0.2) is 0 Å². The van der Waals surface area contributed by atoms with Crippen molar-refractivity contribution in [1.29, 1.82) is 0 Å². The molecule has 0 amide bonds. The fourth-order valence-electron chi connectivity index (χ4n) is 2.13. The van der Waals surface area contributed by atoms with Gasteiger partial charge in [0.1, 0.15) is 0 Å². The number of nitro benzene ring substituents is 2. The van der Waals surface area contributed by atoms with E-state index in [4.69, 9.17) is 4.18 Å². The van der Waals surface area contributed by atoms with Crippen LogP contribution in [0.1, 0.15) is 12.5 Å². The van der Waals surface area contributed by atoms with E-state index in [0.29, 0.717) is 5.56 Å². The standard InChI is InChI=1S/C15H14N2O7S/c1-11(10-12-2-4-13(5-3-12)16(18)19)24-25(22,23)15-8-6-14(7-9-15)17(20)21/h2-9,11H,10H2,1H3. The van der Waals surface area contributed by atoms with Crippen molar-refractivity contribution in [2.45, 2.75) is 24.3 Å². The fraction of sp³-hybridized carbons (Fsp3) is 0.200. The molecule has 0 heterocycles. The first kappa shape index (κ1) is 18.5. The number of benzene rings is 2. The first-order valence-corrected chi connectivity index (χ1v) is 8.51. The molecule has 9 nitrogen and oxygen atoms in total. The third-order valence-electron chi connectivity index (χ3n) is 3.30. The monoisotopic (exact) mass is 366 g/mol. The Bertz CT molecular complexity index is 877. The topological polar surface area (TPSA) is 130 Å². The summed E-state index contributed by atoms with van der Waals surface area (Å²) in [7, 11) is -4.07. The van der Waals surface area contributed by atoms with E-state index in [-0.39, 0.29) is 22.7 Å². The number of nitrogens with zero attached hydrogens (tertiary/aromatic N) is 2. The number of hydrogen-bond donors (Lipinski definition) is 0. The molecule has 132 valence electrons. The lowest BCUT2D eigenvalue weighted by atomic mass is 10.1. The fourth-order valence-corrected chi connectivity index (χ4v) is 3.21. The molecule has 0 aliphatic heterocycles. The molecule has 0 saturated carbocycles. The molecule has 0 bridgehead atoms. The highest BCUT2D eigenvalue weighted by Gasteiger charge is 2.20. The Kier molecular flexibility index (Phi) is 5.45. The highest BCUT2D eigenvalue weighted by Crippen LogP contribution is 2.20. The summed E-state index contributed by atoms with van der Waals surface area (Å²) in [5.41, 5.74) is 0.394. The van der Waals surface area contributed by atoms with Gasteiger partial charge in [0.05, 0.1) is 20.8 Å². The summed E-state index contributed by atoms with van der Waals surface area (Å²) in [6, 6.07) is 10.1. The molecular weight excluding hydrogens is 352 g/mol. The summed E-state index contributed by atoms with van der Waals surface area (Å²) in [4.78, 5) is 19.9. The number of hydrogen-bond acceptors (Lipinski definition) is 7. The third kappa shape index (κ3) is 4.81. The van der Waals surface area contributed by atoms with Crippen LogP contribution in [0.5, 0.6) is 0 Å². The summed E-state index contributed by atoms with van der Waals surface area (Å²) in [5.74, 6) is 0. The average molecular weight is 366 g/mol. The quantitative estimate of drug-likeness (QED) is 0.418. The molecule has 1 unspecified atom stereocenters. The molecule has 1 atom stereocenters. The highest BCUT2D eigenvalue weighted by molar-refractivity contribution is 7.86. The molecule has 0 radical (unpaired) electrons. The Hall–Kier alpha value is -2.85. The van der Waals surface area contributed by atoms with Crippen LogP contribution < -0.4 is 0 Å². The van der Waals surface area contributed by atoms with Crippen LogP contribution >= 0.6 is 0 Å². The molecule has 0 aliphatic carbocycles. The van der Waals surface area contributed by atoms with E-state index in [9.17, 15) is 28.6 Å². The molecule has 25 heavy (non-hydrogen) atoms. The van der Waals surface area contributed by atoms with Gasteiger partial charge in [0.25, 0.3) is 21.5 Å². The maximum absolute atomic E-state index is 12.2. The second-order valence-corrected chi connectivity index (χ2v) is 6.81. The SMILES string of the molecule is CC(Cc1ccc([N+](=O)[O-])cc1)OS(=O)(=O)c1ccc([N+](=O)[O-])cc1. The lowest BCUT2D eigenvalue weighted by Crippen LogP contribution is -2.18. The predicted octanol–water partition coefficient (Wildman–Crippen LogP) is 2.84. The van der Waals surface area contributed by atoms with Gasteiger partial charge in [-0.3, -0.25) is 24.4 Å². The predicted molar refractivity (Wildman–Crippen MR) is 87.6 cm³/mol. The average Bonchev–Trinajstić information content (AvgIpc) is 2.54. The van der Waals surface area contributed by atoms with Gasteiger partial charge in [-0.2, -0.15) is 8.42 Å². The minimum absolute atomic E-state index is 0.0594. The minimum atomic E-state index is -4.07. The smallest absolute Gasteiger partial charge is 0.263 e. The highest BCUT2D eigenvalue weighted by atomic mass is 32.2. The Balaban J connectivity index is 2.06. The van der Waals surface area contributed by atoms with Crippen LogP contribution in [0.3, 0.4) is 0 Å². The minimum Gasteiger partial charge on any atom is -0.263 e. The van der Waals surface area contributed by atoms with E-state index in [1.807, 2.05) is 0 Å². The van der Waals surface area contributed by atoms with Crippen molar-refractivity contribution in [3.63, 3.8) is 0 Å². The molecule has 2 rings (SSSR count). The van der Waals surface area contributed by atoms with Crippen LogP contribution in [0.2, 0.25) is 0 Å². The van der Waals surface area contributed by atoms with E-state index in [1.54, 1.807) is 6.92 Å². The van der Waals surface area contributed by atoms with Crippen LogP contribution in [0.15, 0.2) is 53.4 Å². The Morgan fingerprint density at radius 3 is 1.80 bits per heavy atom. The van der Waals surface area contributed by atoms with Crippen molar-refractivity contribution >= 4 is 21.5 Å². The van der Waals surface area contributed by atoms with Gasteiger partial charge in [-0.05, 0) is 31.0 Å². The summed E-state index contributed by atoms with van der Waals surface area (Å²) in [6.45, 7) is 1.55. The van der Waals surface area contributed by atoms with Gasteiger partial charge in [0.2, 0.25) is 0 Å². The lowest BCUT2D eigenvalue weighted by Gasteiger charge is -2.13. The van der Waals surface area contributed by atoms with Gasteiger partial charge in [-0.1, -0.05) is 12.1 Å². The van der Waals surface area contributed by atoms with Crippen LogP contribution in [-0.4, -0.2) is 24.4 Å². The van der Waals surface area contributed by atoms with Crippen LogP contribution in [-0.2, 0) is 20.7 Å². The Morgan fingerprint density at radius 1 is 0.920 bits per heavy atom. The van der Waals surface area contributed by atoms with Gasteiger partial charge in [-0.25, -0.2) is 0 Å². The Labute approximate surface area is 143 Å². The van der Waals surface area contributed by atoms with Crippen LogP contribution in [0.25, 0.3) is 0 Å². The zero-order valence-electron chi connectivity index (χ0n) is 13.1. The maximum atomic E-state index is 12.2. The molecule has 10 heteroatoms. The zero-order valence-corrected chi connectivity index (χ0v) is 13.9. The second-order valence-electron chi connectivity index (χ2n) is 5.24. The van der Waals surface area contributed by atoms with E-state index < -0.39 is 26.1 Å². The molecule has 0 aliphatic rings. The van der Waals surface area contributed by atoms with Crippen LogP contribution in [0.4, 0.5) is 11.4 Å². The third-order valence-corrected chi connectivity index (χ3v) is 4.73. The van der Waals surface area contributed by atoms with E-state index in [0.717, 1.165) is 24.3 Å². The van der Waals surface area contributed by atoms with Crippen molar-refractivity contribution in [3.8, 4) is 0 Å². The van der Waals surface area contributed by atoms with Gasteiger partial charge >= 0.3 is 0 Å². The first-order chi connectivity index (χ1) is 11.7. The molecule has 2 aromatic carbocycles. The van der Waals surface area contributed by atoms with Crippen molar-refractivity contribution < 1.29 is 22.4 Å². The zero-order chi connectivity index (χ0) is 18.6. The number of nitro groups is 2. The molecular formula is C15H14N2O7S. The van der Waals surface area contributed by atoms with Crippen LogP contribution in [0, 0.1) is 20.2 Å². The van der Waals surface area contributed by atoms with Crippen molar-refractivity contribution in [2.75, 3.05) is 0 Å². The summed E-state index contributed by atoms with van der Waals surface area (Å²) < 4.78 is 29.4. The molecule has 0 N–H and O–H groups in total. The van der Waals surface area contributed by atoms with E-state index >= 15 is 0 Å². The van der Waals surface area contributed by atoms with Crippen molar-refractivity contribution in [3.05, 3.63) is 74.3 Å². The molecule has 0 aromatic heterocycles. The normalized spacial score (nSPS) is 12.5. The van der Waals surface area contributed by atoms with Gasteiger partial charge < -0.3 is 0 Å². The molecule has 2 aromatic rings. The van der Waals surface area contributed by atoms with Crippen molar-refractivity contribution in [2.24, 2.45) is 0 Å². The lowest BCUT2D eigenvalue weighted by molar-refractivity contribution is -0.385. The van der Waals surface area contributed by atoms with Gasteiger partial charge in [0, 0.05) is 24.3 Å². The molecule has 0 saturated heterocycles. The largest absolute Gasteiger partial charge is 0.297 e. The summed E-state index contributed by atoms with van der Waals surface area (Å²) in [5, 5.41) is 21.2. The molecule has 0 fully saturated rings. The maximum Gasteiger partial charge on any atom is 0.297 e. The second kappa shape index (κ2) is 7.36. The Morgan fingerprint density at radius 2 is 1.36 bits per heavy atom. The van der Waals surface area contributed by atoms with E-state index in [2.05, 4.69) is 0 Å². The number of non-ortho nitro benzene ring substituents is 2.